The second kappa shape index (κ2) is 3.97. The number of ether oxygens (including phenoxy) is 1. The minimum Gasteiger partial charge on any atom is -0.544 e. The number of carboxylic acid groups (broad SMARTS) is 1. The van der Waals surface area contributed by atoms with Gasteiger partial charge in [0.25, 0.3) is 0 Å². The Hall–Kier alpha value is -1.75. The van der Waals surface area contributed by atoms with Crippen molar-refractivity contribution in [1.29, 1.82) is 0 Å². The maximum absolute atomic E-state index is 10.5. The summed E-state index contributed by atoms with van der Waals surface area (Å²) in [6, 6.07) is 3.27. The monoisotopic (exact) mass is 197 g/mol. The molecule has 0 unspecified atom stereocenters. The van der Waals surface area contributed by atoms with Crippen molar-refractivity contribution in [3.8, 4) is 11.5 Å². The van der Waals surface area contributed by atoms with Gasteiger partial charge in [-0.15, -0.1) is 0 Å². The van der Waals surface area contributed by atoms with Crippen molar-refractivity contribution in [2.45, 2.75) is 6.04 Å². The van der Waals surface area contributed by atoms with Gasteiger partial charge in [0.15, 0.2) is 17.5 Å². The number of phenolic OH excluding ortho intramolecular Hbond substituents is 1. The van der Waals surface area contributed by atoms with Crippen molar-refractivity contribution in [2.24, 2.45) is 0 Å². The van der Waals surface area contributed by atoms with Crippen molar-refractivity contribution >= 4 is 5.97 Å². The maximum Gasteiger partial charge on any atom is 0.160 e. The average molecular weight is 197 g/mol. The number of hydrogen-bond acceptors (Lipinski definition) is 4. The Morgan fingerprint density at radius 3 is 2.79 bits per heavy atom. The van der Waals surface area contributed by atoms with E-state index < -0.39 is 12.0 Å². The standard InChI is InChI=1S/C9H11NO4/c1-14-7-4-5(2-3-6(7)11)8(10)9(12)13/h2-4,8,11H,10H2,1H3,(H,12,13)/t8-/m1/s1. The van der Waals surface area contributed by atoms with Crippen molar-refractivity contribution in [3.05, 3.63) is 23.8 Å². The van der Waals surface area contributed by atoms with Gasteiger partial charge in [0.2, 0.25) is 0 Å². The topological polar surface area (TPSA) is 97.2 Å². The smallest absolute Gasteiger partial charge is 0.160 e. The van der Waals surface area contributed by atoms with Gasteiger partial charge in [-0.1, -0.05) is 0 Å². The molecule has 0 aromatic heterocycles. The van der Waals surface area contributed by atoms with E-state index in [1.807, 2.05) is 0 Å². The molecule has 4 N–H and O–H groups in total. The SMILES string of the molecule is COc1cc([C@@H]([NH3+])C(=O)[O-])ccc1O. The van der Waals surface area contributed by atoms with E-state index in [9.17, 15) is 15.0 Å². The fourth-order valence-electron chi connectivity index (χ4n) is 1.05. The van der Waals surface area contributed by atoms with Crippen LogP contribution in [0.2, 0.25) is 0 Å². The number of methoxy groups -OCH3 is 1. The molecular formula is C9H11NO4. The molecule has 14 heavy (non-hydrogen) atoms. The number of rotatable bonds is 3. The number of aliphatic carboxylic acids is 1. The highest BCUT2D eigenvalue weighted by Crippen LogP contribution is 2.27. The molecule has 1 atom stereocenters. The number of carboxylic acids is 1. The Labute approximate surface area is 80.7 Å². The van der Waals surface area contributed by atoms with Gasteiger partial charge >= 0.3 is 0 Å². The molecule has 76 valence electrons. The fourth-order valence-corrected chi connectivity index (χ4v) is 1.05. The lowest BCUT2D eigenvalue weighted by Crippen LogP contribution is -2.61. The summed E-state index contributed by atoms with van der Waals surface area (Å²) in [7, 11) is 1.38. The summed E-state index contributed by atoms with van der Waals surface area (Å²) in [5.41, 5.74) is 3.84. The second-order valence-corrected chi connectivity index (χ2v) is 2.80. The van der Waals surface area contributed by atoms with Gasteiger partial charge in [-0.3, -0.25) is 0 Å². The molecule has 0 bridgehead atoms. The molecule has 0 aliphatic carbocycles. The number of quaternary nitrogens is 1. The molecule has 0 saturated carbocycles. The van der Waals surface area contributed by atoms with Crippen molar-refractivity contribution in [3.63, 3.8) is 0 Å². The molecule has 0 aliphatic heterocycles. The van der Waals surface area contributed by atoms with Crippen LogP contribution in [-0.2, 0) is 4.79 Å². The van der Waals surface area contributed by atoms with E-state index in [1.54, 1.807) is 0 Å². The summed E-state index contributed by atoms with van der Waals surface area (Å²) in [5, 5.41) is 19.8. The zero-order valence-corrected chi connectivity index (χ0v) is 7.69. The van der Waals surface area contributed by atoms with E-state index in [0.717, 1.165) is 0 Å². The van der Waals surface area contributed by atoms with Crippen LogP contribution in [0.3, 0.4) is 0 Å². The largest absolute Gasteiger partial charge is 0.544 e. The van der Waals surface area contributed by atoms with Crippen LogP contribution in [0.1, 0.15) is 11.6 Å². The third kappa shape index (κ3) is 1.94. The highest BCUT2D eigenvalue weighted by atomic mass is 16.5. The van der Waals surface area contributed by atoms with Crippen LogP contribution in [0.15, 0.2) is 18.2 Å². The Balaban J connectivity index is 3.06. The first kappa shape index (κ1) is 10.3. The van der Waals surface area contributed by atoms with E-state index in [-0.39, 0.29) is 11.5 Å². The normalized spacial score (nSPS) is 12.1. The van der Waals surface area contributed by atoms with Crippen molar-refractivity contribution < 1.29 is 25.5 Å². The van der Waals surface area contributed by atoms with Crippen LogP contribution in [-0.4, -0.2) is 18.2 Å². The molecule has 0 amide bonds. The van der Waals surface area contributed by atoms with Crippen LogP contribution >= 0.6 is 0 Å². The number of carbonyl (C=O) groups excluding carboxylic acids is 1. The molecule has 5 heteroatoms. The predicted octanol–water partition coefficient (Wildman–Crippen LogP) is -1.57. The molecule has 0 heterocycles. The summed E-state index contributed by atoms with van der Waals surface area (Å²) in [4.78, 5) is 10.5. The zero-order valence-electron chi connectivity index (χ0n) is 7.69. The average Bonchev–Trinajstić information content (AvgIpc) is 2.17. The minimum atomic E-state index is -1.27. The lowest BCUT2D eigenvalue weighted by molar-refractivity contribution is -0.443. The van der Waals surface area contributed by atoms with Gasteiger partial charge in [0.1, 0.15) is 5.97 Å². The molecule has 5 nitrogen and oxygen atoms in total. The van der Waals surface area contributed by atoms with Crippen LogP contribution in [0, 0.1) is 0 Å². The Bertz CT molecular complexity index is 351. The van der Waals surface area contributed by atoms with Gasteiger partial charge in [-0.05, 0) is 18.2 Å². The van der Waals surface area contributed by atoms with Gasteiger partial charge < -0.3 is 25.5 Å². The third-order valence-electron chi connectivity index (χ3n) is 1.89. The van der Waals surface area contributed by atoms with E-state index >= 15 is 0 Å². The van der Waals surface area contributed by atoms with Crippen LogP contribution in [0.25, 0.3) is 0 Å². The summed E-state index contributed by atoms with van der Waals surface area (Å²) >= 11 is 0. The second-order valence-electron chi connectivity index (χ2n) is 2.80. The summed E-state index contributed by atoms with van der Waals surface area (Å²) < 4.78 is 4.82. The Morgan fingerprint density at radius 2 is 2.29 bits per heavy atom. The first-order valence-electron chi connectivity index (χ1n) is 3.97. The maximum atomic E-state index is 10.5. The summed E-state index contributed by atoms with van der Waals surface area (Å²) in [5.74, 6) is -1.09. The Morgan fingerprint density at radius 1 is 1.64 bits per heavy atom. The minimum absolute atomic E-state index is 0.0400. The summed E-state index contributed by atoms with van der Waals surface area (Å²) in [6.45, 7) is 0. The highest BCUT2D eigenvalue weighted by molar-refractivity contribution is 5.71. The molecule has 0 fully saturated rings. The van der Waals surface area contributed by atoms with Gasteiger partial charge in [0, 0.05) is 5.56 Å². The van der Waals surface area contributed by atoms with Crippen molar-refractivity contribution in [2.75, 3.05) is 7.11 Å². The molecule has 1 aromatic carbocycles. The van der Waals surface area contributed by atoms with Gasteiger partial charge in [-0.2, -0.15) is 0 Å². The van der Waals surface area contributed by atoms with Crippen LogP contribution in [0.4, 0.5) is 0 Å². The molecule has 1 aromatic rings. The van der Waals surface area contributed by atoms with E-state index in [2.05, 4.69) is 5.73 Å². The molecule has 0 spiro atoms. The lowest BCUT2D eigenvalue weighted by atomic mass is 10.1. The van der Waals surface area contributed by atoms with E-state index in [4.69, 9.17) is 4.74 Å². The quantitative estimate of drug-likeness (QED) is 0.612. The number of hydrogen-bond donors (Lipinski definition) is 2. The number of benzene rings is 1. The first-order valence-corrected chi connectivity index (χ1v) is 3.97. The first-order chi connectivity index (χ1) is 6.56. The number of aromatic hydroxyl groups is 1. The molecule has 0 aliphatic rings. The molecule has 0 radical (unpaired) electrons. The van der Waals surface area contributed by atoms with Crippen LogP contribution in [0.5, 0.6) is 11.5 Å². The van der Waals surface area contributed by atoms with Crippen LogP contribution < -0.4 is 15.6 Å². The van der Waals surface area contributed by atoms with E-state index in [0.29, 0.717) is 5.56 Å². The predicted molar refractivity (Wildman–Crippen MR) is 45.3 cm³/mol. The molecule has 1 rings (SSSR count). The molecule has 0 saturated heterocycles. The van der Waals surface area contributed by atoms with E-state index in [1.165, 1.54) is 25.3 Å². The molecular weight excluding hydrogens is 186 g/mol. The summed E-state index contributed by atoms with van der Waals surface area (Å²) in [6.07, 6.45) is 0. The fraction of sp³-hybridized carbons (Fsp3) is 0.222. The van der Waals surface area contributed by atoms with Crippen molar-refractivity contribution in [1.82, 2.24) is 0 Å². The highest BCUT2D eigenvalue weighted by Gasteiger charge is 2.13. The number of carbonyl (C=O) groups is 1. The lowest BCUT2D eigenvalue weighted by Gasteiger charge is -2.11. The van der Waals surface area contributed by atoms with Gasteiger partial charge in [-0.25, -0.2) is 0 Å². The van der Waals surface area contributed by atoms with Gasteiger partial charge in [0.05, 0.1) is 7.11 Å². The Kier molecular flexibility index (Phi) is 2.93. The number of phenols is 1. The zero-order chi connectivity index (χ0) is 10.7. The third-order valence-corrected chi connectivity index (χ3v) is 1.89.